The van der Waals surface area contributed by atoms with Gasteiger partial charge in [0.15, 0.2) is 0 Å². The van der Waals surface area contributed by atoms with Crippen molar-refractivity contribution in [3.63, 3.8) is 0 Å². The molecule has 1 heterocycles. The van der Waals surface area contributed by atoms with Crippen molar-refractivity contribution in [2.75, 3.05) is 0 Å². The highest BCUT2D eigenvalue weighted by molar-refractivity contribution is 6.31. The normalized spacial score (nSPS) is 12.0. The van der Waals surface area contributed by atoms with Gasteiger partial charge in [-0.15, -0.1) is 0 Å². The van der Waals surface area contributed by atoms with Gasteiger partial charge in [-0.05, 0) is 49.7 Å². The lowest BCUT2D eigenvalue weighted by Gasteiger charge is -2.30. The number of nitrogens with one attached hydrogen (secondary N) is 1. The average Bonchev–Trinajstić information content (AvgIpc) is 2.39. The zero-order valence-electron chi connectivity index (χ0n) is 13.0. The molecule has 0 bridgehead atoms. The molecule has 5 heteroatoms. The van der Waals surface area contributed by atoms with Gasteiger partial charge in [0.1, 0.15) is 11.0 Å². The molecule has 0 spiro atoms. The minimum atomic E-state index is -0.450. The van der Waals surface area contributed by atoms with E-state index in [4.69, 9.17) is 23.2 Å². The molecular weight excluding hydrogens is 322 g/mol. The molecule has 0 atom stereocenters. The molecule has 0 fully saturated rings. The third-order valence-corrected chi connectivity index (χ3v) is 3.86. The van der Waals surface area contributed by atoms with Crippen LogP contribution >= 0.6 is 23.2 Å². The average molecular weight is 341 g/mol. The van der Waals surface area contributed by atoms with Crippen molar-refractivity contribution in [2.45, 2.75) is 39.3 Å². The summed E-state index contributed by atoms with van der Waals surface area (Å²) in [6.07, 6.45) is 0. The van der Waals surface area contributed by atoms with Crippen LogP contribution in [0.5, 0.6) is 0 Å². The van der Waals surface area contributed by atoms with E-state index in [0.29, 0.717) is 16.9 Å². The second-order valence-corrected chi connectivity index (χ2v) is 6.91. The number of hydrogen-bond donors (Lipinski definition) is 1. The van der Waals surface area contributed by atoms with Gasteiger partial charge in [0.2, 0.25) is 0 Å². The van der Waals surface area contributed by atoms with E-state index in [-0.39, 0.29) is 10.6 Å². The maximum atomic E-state index is 13.3. The van der Waals surface area contributed by atoms with E-state index in [9.17, 15) is 4.39 Å². The summed E-state index contributed by atoms with van der Waals surface area (Å²) in [6, 6.07) is 8.65. The van der Waals surface area contributed by atoms with Crippen LogP contribution in [0.15, 0.2) is 30.3 Å². The third kappa shape index (κ3) is 3.97. The first kappa shape index (κ1) is 17.2. The fourth-order valence-corrected chi connectivity index (χ4v) is 2.86. The number of pyridine rings is 1. The smallest absolute Gasteiger partial charge is 0.141 e. The van der Waals surface area contributed by atoms with Crippen LogP contribution in [0.25, 0.3) is 11.3 Å². The standard InChI is InChI=1S/C17H19Cl2FN2/c1-10(2)22-17(3,4)12-8-15(21-16(19)9-12)11-5-6-14(20)13(18)7-11/h5-10,22H,1-4H3. The summed E-state index contributed by atoms with van der Waals surface area (Å²) < 4.78 is 13.3. The molecular formula is C17H19Cl2FN2. The molecule has 2 aromatic rings. The molecule has 0 aliphatic rings. The van der Waals surface area contributed by atoms with Gasteiger partial charge in [-0.3, -0.25) is 0 Å². The van der Waals surface area contributed by atoms with Crippen molar-refractivity contribution in [2.24, 2.45) is 0 Å². The molecule has 2 nitrogen and oxygen atoms in total. The lowest BCUT2D eigenvalue weighted by molar-refractivity contribution is 0.365. The Morgan fingerprint density at radius 2 is 1.82 bits per heavy atom. The Bertz CT molecular complexity index is 684. The van der Waals surface area contributed by atoms with Crippen molar-refractivity contribution in [1.29, 1.82) is 0 Å². The summed E-state index contributed by atoms with van der Waals surface area (Å²) >= 11 is 12.0. The summed E-state index contributed by atoms with van der Waals surface area (Å²) in [7, 11) is 0. The van der Waals surface area contributed by atoms with E-state index in [2.05, 4.69) is 38.0 Å². The van der Waals surface area contributed by atoms with Gasteiger partial charge >= 0.3 is 0 Å². The van der Waals surface area contributed by atoms with E-state index in [1.54, 1.807) is 12.1 Å². The Balaban J connectivity index is 2.48. The van der Waals surface area contributed by atoms with Gasteiger partial charge in [-0.2, -0.15) is 0 Å². The number of hydrogen-bond acceptors (Lipinski definition) is 2. The third-order valence-electron chi connectivity index (χ3n) is 3.38. The molecule has 1 N–H and O–H groups in total. The minimum absolute atomic E-state index is 0.0698. The van der Waals surface area contributed by atoms with Gasteiger partial charge in [-0.25, -0.2) is 9.37 Å². The molecule has 0 saturated heterocycles. The van der Waals surface area contributed by atoms with Crippen LogP contribution in [0.3, 0.4) is 0 Å². The number of aromatic nitrogens is 1. The van der Waals surface area contributed by atoms with E-state index in [0.717, 1.165) is 11.1 Å². The lowest BCUT2D eigenvalue weighted by Crippen LogP contribution is -2.41. The molecule has 0 radical (unpaired) electrons. The fourth-order valence-electron chi connectivity index (χ4n) is 2.47. The summed E-state index contributed by atoms with van der Waals surface area (Å²) in [5, 5.41) is 3.95. The van der Waals surface area contributed by atoms with Crippen LogP contribution in [0.4, 0.5) is 4.39 Å². The second-order valence-electron chi connectivity index (χ2n) is 6.12. The monoisotopic (exact) mass is 340 g/mol. The SMILES string of the molecule is CC(C)NC(C)(C)c1cc(Cl)nc(-c2ccc(F)c(Cl)c2)c1. The summed E-state index contributed by atoms with van der Waals surface area (Å²) in [4.78, 5) is 4.32. The maximum Gasteiger partial charge on any atom is 0.141 e. The van der Waals surface area contributed by atoms with Crippen molar-refractivity contribution in [1.82, 2.24) is 10.3 Å². The van der Waals surface area contributed by atoms with Crippen molar-refractivity contribution in [3.8, 4) is 11.3 Å². The van der Waals surface area contributed by atoms with Gasteiger partial charge in [-0.1, -0.05) is 37.0 Å². The maximum absolute atomic E-state index is 13.3. The fraction of sp³-hybridized carbons (Fsp3) is 0.353. The van der Waals surface area contributed by atoms with Gasteiger partial charge in [0, 0.05) is 17.1 Å². The quantitative estimate of drug-likeness (QED) is 0.750. The van der Waals surface area contributed by atoms with Crippen molar-refractivity contribution in [3.05, 3.63) is 51.9 Å². The first-order chi connectivity index (χ1) is 10.2. The highest BCUT2D eigenvalue weighted by Gasteiger charge is 2.22. The molecule has 0 saturated carbocycles. The van der Waals surface area contributed by atoms with Crippen LogP contribution in [0.2, 0.25) is 10.2 Å². The molecule has 0 amide bonds. The molecule has 22 heavy (non-hydrogen) atoms. The first-order valence-electron chi connectivity index (χ1n) is 7.10. The van der Waals surface area contributed by atoms with E-state index in [1.807, 2.05) is 12.1 Å². The highest BCUT2D eigenvalue weighted by Crippen LogP contribution is 2.30. The Labute approximate surface area is 140 Å². The highest BCUT2D eigenvalue weighted by atomic mass is 35.5. The molecule has 0 aliphatic heterocycles. The Hall–Kier alpha value is -1.16. The van der Waals surface area contributed by atoms with E-state index < -0.39 is 5.82 Å². The number of halogens is 3. The first-order valence-corrected chi connectivity index (χ1v) is 7.86. The predicted octanol–water partition coefficient (Wildman–Crippen LogP) is 5.43. The number of rotatable bonds is 4. The van der Waals surface area contributed by atoms with Crippen LogP contribution in [0, 0.1) is 5.82 Å². The Morgan fingerprint density at radius 3 is 2.41 bits per heavy atom. The zero-order valence-corrected chi connectivity index (χ0v) is 14.6. The van der Waals surface area contributed by atoms with Crippen LogP contribution in [-0.4, -0.2) is 11.0 Å². The van der Waals surface area contributed by atoms with Crippen LogP contribution in [-0.2, 0) is 5.54 Å². The van der Waals surface area contributed by atoms with Crippen molar-refractivity contribution >= 4 is 23.2 Å². The van der Waals surface area contributed by atoms with E-state index in [1.165, 1.54) is 6.07 Å². The molecule has 2 rings (SSSR count). The van der Waals surface area contributed by atoms with Crippen LogP contribution < -0.4 is 5.32 Å². The van der Waals surface area contributed by atoms with Gasteiger partial charge in [0.25, 0.3) is 0 Å². The zero-order chi connectivity index (χ0) is 16.5. The summed E-state index contributed by atoms with van der Waals surface area (Å²) in [5.41, 5.74) is 2.15. The predicted molar refractivity (Wildman–Crippen MR) is 90.9 cm³/mol. The molecule has 0 aliphatic carbocycles. The van der Waals surface area contributed by atoms with Gasteiger partial charge in [0.05, 0.1) is 10.7 Å². The van der Waals surface area contributed by atoms with E-state index >= 15 is 0 Å². The Morgan fingerprint density at radius 1 is 1.14 bits per heavy atom. The van der Waals surface area contributed by atoms with Crippen molar-refractivity contribution < 1.29 is 4.39 Å². The van der Waals surface area contributed by atoms with Gasteiger partial charge < -0.3 is 5.32 Å². The topological polar surface area (TPSA) is 24.9 Å². The molecule has 1 aromatic heterocycles. The lowest BCUT2D eigenvalue weighted by atomic mass is 9.93. The van der Waals surface area contributed by atoms with Crippen LogP contribution in [0.1, 0.15) is 33.3 Å². The summed E-state index contributed by atoms with van der Waals surface area (Å²) in [6.45, 7) is 8.34. The molecule has 0 unspecified atom stereocenters. The number of benzene rings is 1. The minimum Gasteiger partial charge on any atom is -0.306 e. The second kappa shape index (κ2) is 6.53. The molecule has 1 aromatic carbocycles. The molecule has 118 valence electrons. The summed E-state index contributed by atoms with van der Waals surface area (Å²) in [5.74, 6) is -0.450. The Kier molecular flexibility index (Phi) is 5.10. The largest absolute Gasteiger partial charge is 0.306 e. The number of nitrogens with zero attached hydrogens (tertiary/aromatic N) is 1.